The molecule has 31 heavy (non-hydrogen) atoms. The Morgan fingerprint density at radius 2 is 1.87 bits per heavy atom. The number of nitrogens with one attached hydrogen (secondary N) is 1. The second-order valence-corrected chi connectivity index (χ2v) is 8.55. The van der Waals surface area contributed by atoms with Gasteiger partial charge in [-0.25, -0.2) is 9.78 Å². The largest absolute Gasteiger partial charge is 0.462 e. The van der Waals surface area contributed by atoms with Gasteiger partial charge in [0.25, 0.3) is 0 Å². The highest BCUT2D eigenvalue weighted by Crippen LogP contribution is 2.28. The highest BCUT2D eigenvalue weighted by molar-refractivity contribution is 6.20. The Balaban J connectivity index is 2.19. The molecular weight excluding hydrogens is 416 g/mol. The molecule has 0 radical (unpaired) electrons. The average Bonchev–Trinajstić information content (AvgIpc) is 3.12. The van der Waals surface area contributed by atoms with E-state index in [2.05, 4.69) is 22.5 Å². The number of aromatic nitrogens is 3. The van der Waals surface area contributed by atoms with Crippen molar-refractivity contribution in [3.05, 3.63) is 46.6 Å². The summed E-state index contributed by atoms with van der Waals surface area (Å²) in [5.41, 5.74) is 3.35. The molecule has 0 saturated carbocycles. The monoisotopic (exact) mass is 442 g/mol. The zero-order valence-electron chi connectivity index (χ0n) is 18.7. The third kappa shape index (κ3) is 4.42. The number of amides is 1. The van der Waals surface area contributed by atoms with Gasteiger partial charge in [-0.3, -0.25) is 4.79 Å². The van der Waals surface area contributed by atoms with E-state index in [0.717, 1.165) is 27.6 Å². The predicted molar refractivity (Wildman–Crippen MR) is 122 cm³/mol. The van der Waals surface area contributed by atoms with Crippen LogP contribution >= 0.6 is 11.6 Å². The van der Waals surface area contributed by atoms with Crippen LogP contribution in [0.2, 0.25) is 0 Å². The van der Waals surface area contributed by atoms with Crippen molar-refractivity contribution in [3.8, 4) is 5.82 Å². The third-order valence-corrected chi connectivity index (χ3v) is 5.77. The fraction of sp³-hybridized carbons (Fsp3) is 0.391. The molecule has 1 aromatic carbocycles. The van der Waals surface area contributed by atoms with Crippen molar-refractivity contribution < 1.29 is 14.3 Å². The van der Waals surface area contributed by atoms with Gasteiger partial charge in [-0.05, 0) is 64.8 Å². The molecule has 0 bridgehead atoms. The molecule has 3 rings (SSSR count). The molecule has 0 atom stereocenters. The smallest absolute Gasteiger partial charge is 0.343 e. The van der Waals surface area contributed by atoms with Crippen LogP contribution < -0.4 is 5.32 Å². The van der Waals surface area contributed by atoms with E-state index in [9.17, 15) is 9.59 Å². The van der Waals surface area contributed by atoms with Crippen molar-refractivity contribution in [2.24, 2.45) is 5.41 Å². The summed E-state index contributed by atoms with van der Waals surface area (Å²) in [5, 5.41) is 8.22. The summed E-state index contributed by atoms with van der Waals surface area (Å²) in [5.74, 6) is -0.0894. The second kappa shape index (κ2) is 8.67. The van der Waals surface area contributed by atoms with Crippen LogP contribution in [0.25, 0.3) is 16.7 Å². The van der Waals surface area contributed by atoms with Crippen molar-refractivity contribution in [2.75, 3.05) is 17.8 Å². The number of carbonyl (C=O) groups is 2. The van der Waals surface area contributed by atoms with Crippen LogP contribution in [0.1, 0.15) is 47.8 Å². The molecule has 0 spiro atoms. The molecule has 8 heteroatoms. The van der Waals surface area contributed by atoms with Gasteiger partial charge in [-0.15, -0.1) is 11.6 Å². The number of nitrogens with zero attached hydrogens (tertiary/aromatic N) is 3. The topological polar surface area (TPSA) is 86.1 Å². The highest BCUT2D eigenvalue weighted by Gasteiger charge is 2.30. The lowest BCUT2D eigenvalue weighted by Gasteiger charge is -2.21. The van der Waals surface area contributed by atoms with Crippen molar-refractivity contribution in [1.29, 1.82) is 0 Å². The van der Waals surface area contributed by atoms with Gasteiger partial charge in [0, 0.05) is 11.3 Å². The van der Waals surface area contributed by atoms with Crippen LogP contribution in [0.15, 0.2) is 24.4 Å². The Morgan fingerprint density at radius 3 is 2.52 bits per heavy atom. The first kappa shape index (κ1) is 22.7. The Labute approximate surface area is 186 Å². The number of rotatable bonds is 6. The molecule has 2 aromatic heterocycles. The molecule has 1 N–H and O–H groups in total. The zero-order valence-corrected chi connectivity index (χ0v) is 19.4. The fourth-order valence-corrected chi connectivity index (χ4v) is 3.40. The van der Waals surface area contributed by atoms with Crippen molar-refractivity contribution in [3.63, 3.8) is 0 Å². The van der Waals surface area contributed by atoms with E-state index >= 15 is 0 Å². The van der Waals surface area contributed by atoms with Crippen LogP contribution in [0.3, 0.4) is 0 Å². The minimum atomic E-state index is -0.844. The summed E-state index contributed by atoms with van der Waals surface area (Å²) in [7, 11) is 0. The number of aryl methyl sites for hydroxylation is 3. The first-order valence-corrected chi connectivity index (χ1v) is 10.6. The lowest BCUT2D eigenvalue weighted by atomic mass is 9.95. The van der Waals surface area contributed by atoms with E-state index in [-0.39, 0.29) is 29.8 Å². The molecule has 0 aliphatic heterocycles. The summed E-state index contributed by atoms with van der Waals surface area (Å²) in [4.78, 5) is 30.1. The Kier molecular flexibility index (Phi) is 6.36. The number of anilines is 1. The third-order valence-electron chi connectivity index (χ3n) is 5.10. The molecule has 3 aromatic rings. The molecule has 1 amide bonds. The maximum atomic E-state index is 12.8. The van der Waals surface area contributed by atoms with Crippen molar-refractivity contribution in [2.45, 2.75) is 41.5 Å². The number of hydrogen-bond acceptors (Lipinski definition) is 5. The van der Waals surface area contributed by atoms with E-state index < -0.39 is 11.4 Å². The van der Waals surface area contributed by atoms with Gasteiger partial charge in [0.2, 0.25) is 5.91 Å². The number of carbonyl (C=O) groups excluding carboxylic acids is 2. The van der Waals surface area contributed by atoms with Crippen LogP contribution in [-0.4, -0.2) is 39.1 Å². The average molecular weight is 443 g/mol. The van der Waals surface area contributed by atoms with Gasteiger partial charge in [-0.2, -0.15) is 9.78 Å². The molecule has 0 aliphatic rings. The van der Waals surface area contributed by atoms with Gasteiger partial charge < -0.3 is 10.1 Å². The summed E-state index contributed by atoms with van der Waals surface area (Å²) in [6, 6.07) is 6.04. The van der Waals surface area contributed by atoms with E-state index in [1.807, 2.05) is 26.8 Å². The maximum Gasteiger partial charge on any atom is 0.343 e. The number of pyridine rings is 1. The number of halogens is 1. The first-order valence-electron chi connectivity index (χ1n) is 10.1. The summed E-state index contributed by atoms with van der Waals surface area (Å²) in [6.07, 6.45) is 1.38. The molecule has 0 aliphatic carbocycles. The quantitative estimate of drug-likeness (QED) is 0.440. The lowest BCUT2D eigenvalue weighted by Crippen LogP contribution is -2.33. The number of ether oxygens (including phenoxy) is 1. The van der Waals surface area contributed by atoms with Gasteiger partial charge in [0.1, 0.15) is 5.56 Å². The minimum absolute atomic E-state index is 0.119. The number of benzene rings is 1. The minimum Gasteiger partial charge on any atom is -0.462 e. The second-order valence-electron chi connectivity index (χ2n) is 8.29. The summed E-state index contributed by atoms with van der Waals surface area (Å²) >= 11 is 5.97. The van der Waals surface area contributed by atoms with Crippen LogP contribution in [0.5, 0.6) is 0 Å². The Bertz CT molecular complexity index is 1170. The summed E-state index contributed by atoms with van der Waals surface area (Å²) in [6.45, 7) is 11.4. The van der Waals surface area contributed by atoms with Gasteiger partial charge in [-0.1, -0.05) is 11.6 Å². The molecule has 7 nitrogen and oxygen atoms in total. The Hall–Kier alpha value is -2.93. The van der Waals surface area contributed by atoms with Crippen LogP contribution in [-0.2, 0) is 9.53 Å². The zero-order chi connectivity index (χ0) is 22.9. The number of hydrogen-bond donors (Lipinski definition) is 1. The normalized spacial score (nSPS) is 11.6. The van der Waals surface area contributed by atoms with Gasteiger partial charge >= 0.3 is 5.97 Å². The van der Waals surface area contributed by atoms with Crippen molar-refractivity contribution in [1.82, 2.24) is 14.8 Å². The van der Waals surface area contributed by atoms with Crippen LogP contribution in [0.4, 0.5) is 5.82 Å². The molecule has 0 fully saturated rings. The van der Waals surface area contributed by atoms with Crippen molar-refractivity contribution >= 4 is 40.2 Å². The summed E-state index contributed by atoms with van der Waals surface area (Å²) < 4.78 is 6.61. The van der Waals surface area contributed by atoms with Gasteiger partial charge in [0.05, 0.1) is 23.7 Å². The molecule has 164 valence electrons. The van der Waals surface area contributed by atoms with E-state index in [0.29, 0.717) is 5.82 Å². The SMILES string of the molecule is CCOC(=O)c1cnn(-c2cc(C)c3cc(C)cc(C)c3n2)c1NC(=O)C(C)(C)CCl. The highest BCUT2D eigenvalue weighted by atomic mass is 35.5. The standard InChI is InChI=1S/C23H27ClN4O3/c1-7-31-21(29)17-11-25-28(20(17)27-22(30)23(5,6)12-24)18-10-14(3)16-9-13(2)8-15(4)19(16)26-18/h8-11H,7,12H2,1-6H3,(H,27,30). The molecule has 0 unspecified atom stereocenters. The predicted octanol–water partition coefficient (Wildman–Crippen LogP) is 4.73. The number of esters is 1. The Morgan fingerprint density at radius 1 is 1.16 bits per heavy atom. The maximum absolute atomic E-state index is 12.8. The molecular formula is C23H27ClN4O3. The van der Waals surface area contributed by atoms with Crippen LogP contribution in [0, 0.1) is 26.2 Å². The number of alkyl halides is 1. The van der Waals surface area contributed by atoms with E-state index in [1.54, 1.807) is 20.8 Å². The number of fused-ring (bicyclic) bond motifs is 1. The molecule has 0 saturated heterocycles. The first-order chi connectivity index (χ1) is 14.6. The fourth-order valence-electron chi connectivity index (χ4n) is 3.27. The molecule has 2 heterocycles. The van der Waals surface area contributed by atoms with E-state index in [4.69, 9.17) is 21.3 Å². The van der Waals surface area contributed by atoms with Gasteiger partial charge in [0.15, 0.2) is 11.6 Å². The lowest BCUT2D eigenvalue weighted by molar-refractivity contribution is -0.123. The van der Waals surface area contributed by atoms with E-state index in [1.165, 1.54) is 10.9 Å².